The first-order valence-electron chi connectivity index (χ1n) is 35.7. The molecule has 0 amide bonds. The molecule has 13 nitrogen and oxygen atoms in total. The predicted molar refractivity (Wildman–Crippen MR) is 405 cm³/mol. The molecule has 100 heavy (non-hydrogen) atoms. The molecule has 16 bridgehead atoms. The maximum absolute atomic E-state index is 6.15. The summed E-state index contributed by atoms with van der Waals surface area (Å²) < 4.78 is 60.6. The number of aromatic nitrogens is 4. The molecule has 8 aromatic carbocycles. The summed E-state index contributed by atoms with van der Waals surface area (Å²) in [5.41, 5.74) is 16.5. The van der Waals surface area contributed by atoms with Crippen LogP contribution in [0, 0.1) is 47.4 Å². The Labute approximate surface area is 587 Å². The molecular weight excluding hydrogens is 1240 g/mol. The summed E-state index contributed by atoms with van der Waals surface area (Å²) in [5, 5.41) is 8.99. The van der Waals surface area contributed by atoms with Crippen molar-refractivity contribution in [3.05, 3.63) is 190 Å². The van der Waals surface area contributed by atoms with Gasteiger partial charge < -0.3 is 60.9 Å². The number of methoxy groups -OCH3 is 3. The van der Waals surface area contributed by atoms with Crippen molar-refractivity contribution in [3.8, 4) is 47.4 Å². The molecule has 4 aromatic heterocycles. The van der Waals surface area contributed by atoms with E-state index < -0.39 is 0 Å². The first-order chi connectivity index (χ1) is 49.5. The molecule has 0 atom stereocenters. The molecule has 512 valence electrons. The van der Waals surface area contributed by atoms with E-state index in [2.05, 4.69) is 218 Å². The van der Waals surface area contributed by atoms with Crippen LogP contribution in [0.4, 0.5) is 0 Å². The standard InChI is InChI=1S/C87H90N4O9/c1-5-6-7-8-9-10-11-12-37-88-80-29-21-64-13-15-66-23-31-82-74(58-66)76-60-68(25-33-84(76)89(82)38-41-95-50-53-98-47-44-92-2)17-19-70-27-35-86-78(62-70)79-63-71(28-36-87(79)91(86)40-43-97-52-55-100-49-46-94-4)20-18-69-26-34-85-77(61-69)75-59-67(16-14-65-22-30-81(88)73(57-65)72(80)56-64)24-32-83(75)90(85)39-42-96-51-54-99-48-45-93-3/h21-36,56-63H,5-12,37-55H2,1-4H3. The number of hydrogen-bond acceptors (Lipinski definition) is 9. The second kappa shape index (κ2) is 34.8. The van der Waals surface area contributed by atoms with Crippen LogP contribution in [0.25, 0.3) is 87.2 Å². The van der Waals surface area contributed by atoms with E-state index in [0.29, 0.717) is 119 Å². The lowest BCUT2D eigenvalue weighted by atomic mass is 10.0. The van der Waals surface area contributed by atoms with Crippen molar-refractivity contribution in [1.29, 1.82) is 0 Å². The van der Waals surface area contributed by atoms with Gasteiger partial charge in [-0.3, -0.25) is 0 Å². The number of hydrogen-bond donors (Lipinski definition) is 0. The lowest BCUT2D eigenvalue weighted by molar-refractivity contribution is 0.0234. The number of aryl methyl sites for hydroxylation is 1. The summed E-state index contributed by atoms with van der Waals surface area (Å²) in [5.74, 6) is 28.8. The zero-order valence-corrected chi connectivity index (χ0v) is 58.4. The van der Waals surface area contributed by atoms with Gasteiger partial charge in [-0.15, -0.1) is 0 Å². The zero-order valence-electron chi connectivity index (χ0n) is 58.4. The quantitative estimate of drug-likeness (QED) is 0.0281. The minimum atomic E-state index is 0.494. The Balaban J connectivity index is 0.911. The third kappa shape index (κ3) is 16.7. The predicted octanol–water partition coefficient (Wildman–Crippen LogP) is 16.2. The lowest BCUT2D eigenvalue weighted by Gasteiger charge is -2.09. The van der Waals surface area contributed by atoms with Gasteiger partial charge in [-0.2, -0.15) is 0 Å². The van der Waals surface area contributed by atoms with Gasteiger partial charge in [-0.25, -0.2) is 0 Å². The highest BCUT2D eigenvalue weighted by Gasteiger charge is 2.18. The van der Waals surface area contributed by atoms with Crippen LogP contribution in [0.5, 0.6) is 0 Å². The number of rotatable bonds is 36. The summed E-state index contributed by atoms with van der Waals surface area (Å²) >= 11 is 0. The first-order valence-corrected chi connectivity index (χ1v) is 35.7. The van der Waals surface area contributed by atoms with Crippen LogP contribution in [0.3, 0.4) is 0 Å². The van der Waals surface area contributed by atoms with Crippen molar-refractivity contribution in [2.24, 2.45) is 0 Å². The highest BCUT2D eigenvalue weighted by atomic mass is 16.6. The van der Waals surface area contributed by atoms with E-state index in [0.717, 1.165) is 123 Å². The summed E-state index contributed by atoms with van der Waals surface area (Å²) in [6.07, 6.45) is 10.1. The number of benzene rings is 8. The van der Waals surface area contributed by atoms with Gasteiger partial charge in [0.15, 0.2) is 0 Å². The Bertz CT molecular complexity index is 4220. The van der Waals surface area contributed by atoms with Crippen molar-refractivity contribution in [3.63, 3.8) is 0 Å². The van der Waals surface area contributed by atoms with Crippen LogP contribution in [0.1, 0.15) is 103 Å². The smallest absolute Gasteiger partial charge is 0.0701 e. The van der Waals surface area contributed by atoms with Gasteiger partial charge in [0.1, 0.15) is 0 Å². The largest absolute Gasteiger partial charge is 0.382 e. The van der Waals surface area contributed by atoms with Crippen molar-refractivity contribution in [1.82, 2.24) is 18.3 Å². The SMILES string of the molecule is CCCCCCCCCCn1c2ccc3cc2c2cc(ccc21)C#Cc1ccc2c(c1)c1cc(ccc1n2CCOCCOCCOC)C#Cc1ccc2c(c1)c1cc(ccc1n2CCOCCOCCOC)C#Cc1ccc2c(c1)c1cc(ccc1n2CCOCCOCCOC)C#C3. The van der Waals surface area contributed by atoms with E-state index in [1.54, 1.807) is 21.3 Å². The van der Waals surface area contributed by atoms with Crippen molar-refractivity contribution >= 4 is 87.2 Å². The summed E-state index contributed by atoms with van der Waals surface area (Å²) in [4.78, 5) is 0. The number of nitrogens with zero attached hydrogens (tertiary/aromatic N) is 4. The van der Waals surface area contributed by atoms with E-state index >= 15 is 0 Å². The zero-order chi connectivity index (χ0) is 68.2. The molecule has 1 aliphatic rings. The van der Waals surface area contributed by atoms with Gasteiger partial charge >= 0.3 is 0 Å². The van der Waals surface area contributed by atoms with Crippen LogP contribution < -0.4 is 0 Å². The molecule has 0 spiro atoms. The molecule has 0 unspecified atom stereocenters. The number of unbranched alkanes of at least 4 members (excludes halogenated alkanes) is 7. The average molecular weight is 1340 g/mol. The highest BCUT2D eigenvalue weighted by molar-refractivity contribution is 6.12. The molecule has 1 aliphatic carbocycles. The topological polar surface area (TPSA) is 103 Å². The fraction of sp³-hybridized carbons (Fsp3) is 0.356. The second-order valence-corrected chi connectivity index (χ2v) is 25.6. The summed E-state index contributed by atoms with van der Waals surface area (Å²) in [7, 11) is 5.04. The van der Waals surface area contributed by atoms with Gasteiger partial charge in [-0.1, -0.05) is 99.2 Å². The van der Waals surface area contributed by atoms with Gasteiger partial charge in [0.25, 0.3) is 0 Å². The molecule has 0 N–H and O–H groups in total. The molecule has 13 heteroatoms. The summed E-state index contributed by atoms with van der Waals surface area (Å²) in [6.45, 7) is 13.1. The Morgan fingerprint density at radius 3 is 0.630 bits per heavy atom. The fourth-order valence-electron chi connectivity index (χ4n) is 13.8. The number of fused-ring (bicyclic) bond motifs is 8. The maximum atomic E-state index is 6.15. The van der Waals surface area contributed by atoms with Crippen LogP contribution in [-0.2, 0) is 68.8 Å². The van der Waals surface area contributed by atoms with Crippen molar-refractivity contribution in [2.75, 3.05) is 120 Å². The average Bonchev–Trinajstić information content (AvgIpc) is 1.63. The molecule has 0 radical (unpaired) electrons. The molecule has 0 saturated heterocycles. The Hall–Kier alpha value is -9.16. The van der Waals surface area contributed by atoms with Gasteiger partial charge in [-0.05, 0) is 152 Å². The molecule has 4 heterocycles. The second-order valence-electron chi connectivity index (χ2n) is 25.6. The summed E-state index contributed by atoms with van der Waals surface area (Å²) in [6, 6.07) is 52.8. The molecule has 0 aliphatic heterocycles. The van der Waals surface area contributed by atoms with Crippen LogP contribution >= 0.6 is 0 Å². The van der Waals surface area contributed by atoms with Crippen LogP contribution in [0.15, 0.2) is 146 Å². The van der Waals surface area contributed by atoms with E-state index in [-0.39, 0.29) is 0 Å². The minimum absolute atomic E-state index is 0.494. The fourth-order valence-corrected chi connectivity index (χ4v) is 13.8. The minimum Gasteiger partial charge on any atom is -0.382 e. The monoisotopic (exact) mass is 1330 g/mol. The molecule has 12 aromatic rings. The lowest BCUT2D eigenvalue weighted by Crippen LogP contribution is -2.11. The van der Waals surface area contributed by atoms with Gasteiger partial charge in [0, 0.05) is 179 Å². The molecule has 13 rings (SSSR count). The number of ether oxygens (including phenoxy) is 9. The van der Waals surface area contributed by atoms with E-state index in [9.17, 15) is 0 Å². The Morgan fingerprint density at radius 1 is 0.220 bits per heavy atom. The van der Waals surface area contributed by atoms with Gasteiger partial charge in [0.2, 0.25) is 0 Å². The molecular formula is C87H90N4O9. The van der Waals surface area contributed by atoms with E-state index in [1.165, 1.54) is 66.8 Å². The van der Waals surface area contributed by atoms with Crippen LogP contribution in [-0.4, -0.2) is 139 Å². The van der Waals surface area contributed by atoms with Crippen molar-refractivity contribution < 1.29 is 42.6 Å². The third-order valence-corrected chi connectivity index (χ3v) is 18.9. The third-order valence-electron chi connectivity index (χ3n) is 18.9. The van der Waals surface area contributed by atoms with Crippen molar-refractivity contribution in [2.45, 2.75) is 84.5 Å². The first kappa shape index (κ1) is 69.3. The molecule has 0 saturated carbocycles. The van der Waals surface area contributed by atoms with E-state index in [1.807, 2.05) is 0 Å². The normalized spacial score (nSPS) is 12.0. The van der Waals surface area contributed by atoms with Crippen LogP contribution in [0.2, 0.25) is 0 Å². The molecule has 0 fully saturated rings. The van der Waals surface area contributed by atoms with Gasteiger partial charge in [0.05, 0.1) is 99.1 Å². The highest BCUT2D eigenvalue weighted by Crippen LogP contribution is 2.36. The Morgan fingerprint density at radius 2 is 0.410 bits per heavy atom. The Kier molecular flexibility index (Phi) is 24.1. The van der Waals surface area contributed by atoms with E-state index in [4.69, 9.17) is 42.6 Å². The maximum Gasteiger partial charge on any atom is 0.0701 e.